The van der Waals surface area contributed by atoms with Gasteiger partial charge in [0.05, 0.1) is 26.2 Å². The maximum Gasteiger partial charge on any atom is 0.309 e. The molecule has 218 valence electrons. The van der Waals surface area contributed by atoms with E-state index in [0.717, 1.165) is 5.56 Å². The Bertz CT molecular complexity index is 1270. The van der Waals surface area contributed by atoms with Crippen LogP contribution in [0, 0.1) is 5.92 Å². The Kier molecular flexibility index (Phi) is 12.1. The van der Waals surface area contributed by atoms with Crippen molar-refractivity contribution in [2.75, 3.05) is 20.5 Å². The predicted octanol–water partition coefficient (Wildman–Crippen LogP) is 4.79. The Morgan fingerprint density at radius 2 is 1.61 bits per heavy atom. The lowest BCUT2D eigenvalue weighted by molar-refractivity contribution is -0.162. The van der Waals surface area contributed by atoms with Crippen LogP contribution in [0.3, 0.4) is 0 Å². The highest BCUT2D eigenvalue weighted by Crippen LogP contribution is 2.31. The van der Waals surface area contributed by atoms with Gasteiger partial charge in [0, 0.05) is 25.6 Å². The van der Waals surface area contributed by atoms with Gasteiger partial charge in [-0.2, -0.15) is 0 Å². The fourth-order valence-electron chi connectivity index (χ4n) is 3.75. The lowest BCUT2D eigenvalue weighted by atomic mass is 10.0. The molecular weight excluding hydrogens is 530 g/mol. The second-order valence-corrected chi connectivity index (χ2v) is 9.23. The van der Waals surface area contributed by atoms with Crippen LogP contribution < -0.4 is 14.2 Å². The number of ether oxygens (including phenoxy) is 6. The van der Waals surface area contributed by atoms with Gasteiger partial charge in [-0.25, -0.2) is 4.98 Å². The largest absolute Gasteiger partial charge is 0.493 e. The van der Waals surface area contributed by atoms with Gasteiger partial charge in [-0.1, -0.05) is 55.5 Å². The van der Waals surface area contributed by atoms with Crippen molar-refractivity contribution in [1.82, 2.24) is 4.98 Å². The molecule has 10 heteroatoms. The minimum atomic E-state index is -0.822. The molecule has 0 radical (unpaired) electrons. The fraction of sp³-hybridized carbons (Fsp3) is 0.355. The van der Waals surface area contributed by atoms with E-state index < -0.39 is 42.6 Å². The summed E-state index contributed by atoms with van der Waals surface area (Å²) in [6.07, 6.45) is -0.117. The molecule has 0 fully saturated rings. The maximum absolute atomic E-state index is 13.2. The monoisotopic (exact) mass is 565 g/mol. The molecule has 3 atom stereocenters. The summed E-state index contributed by atoms with van der Waals surface area (Å²) < 4.78 is 33.2. The van der Waals surface area contributed by atoms with Crippen LogP contribution in [-0.2, 0) is 30.4 Å². The molecule has 0 N–H and O–H groups in total. The number of nitrogens with zero attached hydrogens (tertiary/aromatic N) is 1. The summed E-state index contributed by atoms with van der Waals surface area (Å²) in [6.45, 7) is 4.59. The SMILES string of the molecule is COc1ccnc(C(=O)C[C@@H](C)C(=O)O[C@H](COCc2ccccc2)[C@H](C)Oc2ccccc2)c1OCOC(C)=O. The van der Waals surface area contributed by atoms with Crippen molar-refractivity contribution in [2.24, 2.45) is 5.92 Å². The van der Waals surface area contributed by atoms with Gasteiger partial charge in [0.15, 0.2) is 29.1 Å². The zero-order valence-electron chi connectivity index (χ0n) is 23.6. The van der Waals surface area contributed by atoms with Crippen LogP contribution in [0.1, 0.15) is 43.2 Å². The highest BCUT2D eigenvalue weighted by atomic mass is 16.7. The molecule has 2 aromatic carbocycles. The first-order valence-corrected chi connectivity index (χ1v) is 13.1. The number of Topliss-reactive ketones (excluding diaryl/α,β-unsaturated/α-hetero) is 1. The first kappa shape index (κ1) is 31.1. The number of benzene rings is 2. The Morgan fingerprint density at radius 1 is 0.927 bits per heavy atom. The number of pyridine rings is 1. The molecule has 0 saturated carbocycles. The van der Waals surface area contributed by atoms with Gasteiger partial charge in [-0.15, -0.1) is 0 Å². The van der Waals surface area contributed by atoms with Crippen LogP contribution in [0.4, 0.5) is 0 Å². The molecule has 0 unspecified atom stereocenters. The van der Waals surface area contributed by atoms with Crippen LogP contribution in [0.5, 0.6) is 17.2 Å². The third kappa shape index (κ3) is 9.91. The van der Waals surface area contributed by atoms with E-state index in [1.165, 1.54) is 26.3 Å². The number of hydrogen-bond donors (Lipinski definition) is 0. The van der Waals surface area contributed by atoms with E-state index in [1.54, 1.807) is 13.8 Å². The molecule has 3 rings (SSSR count). The standard InChI is InChI=1S/C31H35NO9/c1-21(17-26(34)29-30(39-20-38-23(3)33)27(36-4)15-16-32-29)31(35)41-28(19-37-18-24-11-7-5-8-12-24)22(2)40-25-13-9-6-10-14-25/h5-16,21-22,28H,17-20H2,1-4H3/t21-,22+,28-/m1/s1. The van der Waals surface area contributed by atoms with Crippen molar-refractivity contribution in [3.63, 3.8) is 0 Å². The zero-order chi connectivity index (χ0) is 29.6. The quantitative estimate of drug-likeness (QED) is 0.136. The molecule has 0 amide bonds. The van der Waals surface area contributed by atoms with Gasteiger partial charge >= 0.3 is 11.9 Å². The molecule has 0 bridgehead atoms. The van der Waals surface area contributed by atoms with Crippen LogP contribution in [0.2, 0.25) is 0 Å². The van der Waals surface area contributed by atoms with E-state index in [0.29, 0.717) is 12.4 Å². The molecule has 0 aliphatic heterocycles. The van der Waals surface area contributed by atoms with Crippen molar-refractivity contribution in [1.29, 1.82) is 0 Å². The molecule has 3 aromatic rings. The first-order chi connectivity index (χ1) is 19.8. The van der Waals surface area contributed by atoms with E-state index in [-0.39, 0.29) is 30.2 Å². The Hall–Kier alpha value is -4.44. The highest BCUT2D eigenvalue weighted by Gasteiger charge is 2.29. The van der Waals surface area contributed by atoms with E-state index >= 15 is 0 Å². The normalized spacial score (nSPS) is 12.9. The van der Waals surface area contributed by atoms with Gasteiger partial charge in [-0.3, -0.25) is 14.4 Å². The molecule has 0 spiro atoms. The highest BCUT2D eigenvalue weighted by molar-refractivity contribution is 5.99. The molecule has 0 saturated heterocycles. The molecular formula is C31H35NO9. The molecule has 1 aromatic heterocycles. The Balaban J connectivity index is 1.67. The average molecular weight is 566 g/mol. The Morgan fingerprint density at radius 3 is 2.27 bits per heavy atom. The van der Waals surface area contributed by atoms with Crippen LogP contribution in [0.15, 0.2) is 72.9 Å². The molecule has 0 aliphatic carbocycles. The molecule has 0 aliphatic rings. The lowest BCUT2D eigenvalue weighted by Crippen LogP contribution is -2.38. The minimum absolute atomic E-state index is 0.0129. The minimum Gasteiger partial charge on any atom is -0.493 e. The number of esters is 2. The van der Waals surface area contributed by atoms with Crippen LogP contribution in [-0.4, -0.2) is 55.4 Å². The number of ketones is 1. The van der Waals surface area contributed by atoms with Gasteiger partial charge in [0.2, 0.25) is 6.79 Å². The van der Waals surface area contributed by atoms with Crippen molar-refractivity contribution < 1.29 is 42.8 Å². The first-order valence-electron chi connectivity index (χ1n) is 13.1. The van der Waals surface area contributed by atoms with Gasteiger partial charge in [0.25, 0.3) is 0 Å². The molecule has 41 heavy (non-hydrogen) atoms. The van der Waals surface area contributed by atoms with Crippen LogP contribution in [0.25, 0.3) is 0 Å². The van der Waals surface area contributed by atoms with Crippen molar-refractivity contribution in [3.8, 4) is 17.2 Å². The average Bonchev–Trinajstić information content (AvgIpc) is 2.97. The summed E-state index contributed by atoms with van der Waals surface area (Å²) in [7, 11) is 1.40. The smallest absolute Gasteiger partial charge is 0.309 e. The summed E-state index contributed by atoms with van der Waals surface area (Å²) in [6, 6.07) is 20.3. The van der Waals surface area contributed by atoms with E-state index in [2.05, 4.69) is 4.98 Å². The molecule has 1 heterocycles. The summed E-state index contributed by atoms with van der Waals surface area (Å²) in [5.74, 6) is -1.58. The number of carbonyl (C=O) groups excluding carboxylic acids is 3. The van der Waals surface area contributed by atoms with Crippen molar-refractivity contribution in [3.05, 3.63) is 84.2 Å². The number of aromatic nitrogens is 1. The van der Waals surface area contributed by atoms with Gasteiger partial charge in [-0.05, 0) is 24.6 Å². The van der Waals surface area contributed by atoms with Gasteiger partial charge in [0.1, 0.15) is 11.9 Å². The predicted molar refractivity (Wildman–Crippen MR) is 149 cm³/mol. The number of rotatable bonds is 16. The number of hydrogen-bond acceptors (Lipinski definition) is 10. The van der Waals surface area contributed by atoms with E-state index in [1.807, 2.05) is 60.7 Å². The third-order valence-electron chi connectivity index (χ3n) is 5.96. The summed E-state index contributed by atoms with van der Waals surface area (Å²) in [4.78, 5) is 41.6. The number of methoxy groups -OCH3 is 1. The van der Waals surface area contributed by atoms with Crippen molar-refractivity contribution in [2.45, 2.75) is 46.0 Å². The topological polar surface area (TPSA) is 119 Å². The van der Waals surface area contributed by atoms with E-state index in [4.69, 9.17) is 28.4 Å². The fourth-order valence-corrected chi connectivity index (χ4v) is 3.75. The number of carbonyl (C=O) groups is 3. The van der Waals surface area contributed by atoms with Crippen molar-refractivity contribution >= 4 is 17.7 Å². The van der Waals surface area contributed by atoms with Gasteiger partial charge < -0.3 is 28.4 Å². The summed E-state index contributed by atoms with van der Waals surface area (Å²) in [5.41, 5.74) is 0.922. The van der Waals surface area contributed by atoms with Crippen LogP contribution >= 0.6 is 0 Å². The molecule has 10 nitrogen and oxygen atoms in total. The number of para-hydroxylation sites is 1. The second kappa shape index (κ2) is 16.0. The summed E-state index contributed by atoms with van der Waals surface area (Å²) >= 11 is 0. The second-order valence-electron chi connectivity index (χ2n) is 9.23. The third-order valence-corrected chi connectivity index (χ3v) is 5.96. The summed E-state index contributed by atoms with van der Waals surface area (Å²) in [5, 5.41) is 0. The Labute approximate surface area is 239 Å². The lowest BCUT2D eigenvalue weighted by Gasteiger charge is -2.26. The maximum atomic E-state index is 13.2. The zero-order valence-corrected chi connectivity index (χ0v) is 23.6. The van der Waals surface area contributed by atoms with E-state index in [9.17, 15) is 14.4 Å².